The van der Waals surface area contributed by atoms with Gasteiger partial charge in [0.2, 0.25) is 11.0 Å². The van der Waals surface area contributed by atoms with Crippen LogP contribution in [0.1, 0.15) is 31.6 Å². The van der Waals surface area contributed by atoms with E-state index in [1.165, 1.54) is 0 Å². The van der Waals surface area contributed by atoms with E-state index >= 15 is 0 Å². The molecule has 3 heterocycles. The van der Waals surface area contributed by atoms with E-state index in [-0.39, 0.29) is 5.41 Å². The van der Waals surface area contributed by atoms with Crippen LogP contribution in [0.15, 0.2) is 22.8 Å². The molecule has 0 unspecified atom stereocenters. The third-order valence-corrected chi connectivity index (χ3v) is 4.28. The number of H-pyrrole nitrogens is 1. The summed E-state index contributed by atoms with van der Waals surface area (Å²) in [5.74, 6) is 2.04. The first-order valence-electron chi connectivity index (χ1n) is 7.05. The van der Waals surface area contributed by atoms with Gasteiger partial charge in [-0.15, -0.1) is 10.2 Å². The predicted molar refractivity (Wildman–Crippen MR) is 84.9 cm³/mol. The smallest absolute Gasteiger partial charge is 0.216 e. The van der Waals surface area contributed by atoms with Gasteiger partial charge in [-0.3, -0.25) is 5.10 Å². The zero-order chi connectivity index (χ0) is 15.6. The van der Waals surface area contributed by atoms with Crippen LogP contribution in [0.5, 0.6) is 0 Å². The van der Waals surface area contributed by atoms with Crippen molar-refractivity contribution in [3.8, 4) is 11.6 Å². The van der Waals surface area contributed by atoms with Crippen molar-refractivity contribution in [2.45, 2.75) is 32.6 Å². The fourth-order valence-electron chi connectivity index (χ4n) is 1.81. The third-order valence-electron chi connectivity index (χ3n) is 2.98. The Balaban J connectivity index is 1.54. The van der Waals surface area contributed by atoms with Gasteiger partial charge in [0.25, 0.3) is 0 Å². The van der Waals surface area contributed by atoms with Gasteiger partial charge in [-0.2, -0.15) is 5.10 Å². The van der Waals surface area contributed by atoms with Crippen LogP contribution < -0.4 is 5.32 Å². The third kappa shape index (κ3) is 3.33. The van der Waals surface area contributed by atoms with E-state index in [0.29, 0.717) is 18.1 Å². The van der Waals surface area contributed by atoms with E-state index in [9.17, 15) is 0 Å². The average Bonchev–Trinajstić information content (AvgIpc) is 3.19. The molecule has 8 heteroatoms. The van der Waals surface area contributed by atoms with Gasteiger partial charge in [0.05, 0.1) is 6.26 Å². The van der Waals surface area contributed by atoms with Crippen molar-refractivity contribution >= 4 is 16.5 Å². The molecule has 7 nitrogen and oxygen atoms in total. The Labute approximate surface area is 132 Å². The molecule has 22 heavy (non-hydrogen) atoms. The first-order chi connectivity index (χ1) is 10.5. The minimum absolute atomic E-state index is 0.0282. The number of aromatic amines is 1. The summed E-state index contributed by atoms with van der Waals surface area (Å²) in [6, 6.07) is 3.65. The lowest BCUT2D eigenvalue weighted by atomic mass is 9.98. The zero-order valence-corrected chi connectivity index (χ0v) is 13.6. The summed E-state index contributed by atoms with van der Waals surface area (Å²) in [6.07, 6.45) is 2.33. The Hall–Kier alpha value is -2.22. The Morgan fingerprint density at radius 1 is 1.32 bits per heavy atom. The highest BCUT2D eigenvalue weighted by molar-refractivity contribution is 7.15. The molecule has 0 atom stereocenters. The molecule has 0 saturated heterocycles. The number of furan rings is 1. The van der Waals surface area contributed by atoms with Crippen LogP contribution in [0.25, 0.3) is 11.6 Å². The van der Waals surface area contributed by atoms with Gasteiger partial charge in [-0.25, -0.2) is 4.98 Å². The summed E-state index contributed by atoms with van der Waals surface area (Å²) in [5, 5.41) is 20.5. The Kier molecular flexibility index (Phi) is 3.93. The minimum atomic E-state index is 0.0282. The van der Waals surface area contributed by atoms with Crippen LogP contribution in [-0.2, 0) is 11.8 Å². The molecular weight excluding hydrogens is 300 g/mol. The van der Waals surface area contributed by atoms with Crippen molar-refractivity contribution in [2.75, 3.05) is 11.9 Å². The molecule has 3 aromatic heterocycles. The van der Waals surface area contributed by atoms with Gasteiger partial charge in [0, 0.05) is 18.4 Å². The first kappa shape index (κ1) is 14.7. The lowest BCUT2D eigenvalue weighted by Crippen LogP contribution is -2.10. The molecule has 3 rings (SSSR count). The second-order valence-corrected chi connectivity index (χ2v) is 6.90. The van der Waals surface area contributed by atoms with Gasteiger partial charge < -0.3 is 9.73 Å². The fraction of sp³-hybridized carbons (Fsp3) is 0.429. The van der Waals surface area contributed by atoms with Gasteiger partial charge in [0.15, 0.2) is 5.76 Å². The molecular formula is C14H18N6OS. The first-order valence-corrected chi connectivity index (χ1v) is 7.87. The summed E-state index contributed by atoms with van der Waals surface area (Å²) in [6.45, 7) is 7.09. The quantitative estimate of drug-likeness (QED) is 0.751. The largest absolute Gasteiger partial charge is 0.461 e. The number of nitrogens with one attached hydrogen (secondary N) is 2. The summed E-state index contributed by atoms with van der Waals surface area (Å²) < 4.78 is 5.26. The summed E-state index contributed by atoms with van der Waals surface area (Å²) >= 11 is 1.58. The topological polar surface area (TPSA) is 92.5 Å². The van der Waals surface area contributed by atoms with Crippen molar-refractivity contribution in [3.63, 3.8) is 0 Å². The van der Waals surface area contributed by atoms with E-state index in [0.717, 1.165) is 22.4 Å². The summed E-state index contributed by atoms with van der Waals surface area (Å²) in [5.41, 5.74) is 0.0282. The van der Waals surface area contributed by atoms with E-state index in [1.807, 2.05) is 12.1 Å². The van der Waals surface area contributed by atoms with Crippen LogP contribution >= 0.6 is 11.3 Å². The van der Waals surface area contributed by atoms with Crippen LogP contribution in [0.2, 0.25) is 0 Å². The Bertz CT molecular complexity index is 725. The van der Waals surface area contributed by atoms with E-state index in [2.05, 4.69) is 51.5 Å². The normalized spacial score (nSPS) is 11.8. The standard InChI is InChI=1S/C14H18N6OS/c1-14(2,3)12-19-20-13(22-12)15-7-6-10-16-11(18-17-10)9-5-4-8-21-9/h4-5,8H,6-7H2,1-3H3,(H,15,20)(H,16,17,18). The lowest BCUT2D eigenvalue weighted by molar-refractivity contribution is 0.577. The van der Waals surface area contributed by atoms with Crippen molar-refractivity contribution in [1.82, 2.24) is 25.4 Å². The SMILES string of the molecule is CC(C)(C)c1nnc(NCCc2nc(-c3ccco3)n[nH]2)s1. The number of rotatable bonds is 5. The molecule has 0 aliphatic heterocycles. The Morgan fingerprint density at radius 2 is 2.18 bits per heavy atom. The summed E-state index contributed by atoms with van der Waals surface area (Å²) in [4.78, 5) is 4.40. The fourth-order valence-corrected chi connectivity index (χ4v) is 2.64. The molecule has 116 valence electrons. The number of nitrogens with zero attached hydrogens (tertiary/aromatic N) is 4. The molecule has 0 bridgehead atoms. The highest BCUT2D eigenvalue weighted by atomic mass is 32.1. The van der Waals surface area contributed by atoms with Crippen molar-refractivity contribution < 1.29 is 4.42 Å². The summed E-state index contributed by atoms with van der Waals surface area (Å²) in [7, 11) is 0. The van der Waals surface area contributed by atoms with Gasteiger partial charge >= 0.3 is 0 Å². The maximum Gasteiger partial charge on any atom is 0.216 e. The van der Waals surface area contributed by atoms with Crippen LogP contribution in [0.3, 0.4) is 0 Å². The number of hydrogen-bond donors (Lipinski definition) is 2. The molecule has 0 saturated carbocycles. The van der Waals surface area contributed by atoms with E-state index in [4.69, 9.17) is 4.42 Å². The van der Waals surface area contributed by atoms with Crippen LogP contribution in [0.4, 0.5) is 5.13 Å². The monoisotopic (exact) mass is 318 g/mol. The maximum absolute atomic E-state index is 5.26. The molecule has 0 aromatic carbocycles. The second kappa shape index (κ2) is 5.88. The van der Waals surface area contributed by atoms with Gasteiger partial charge in [-0.1, -0.05) is 32.1 Å². The zero-order valence-electron chi connectivity index (χ0n) is 12.8. The molecule has 0 amide bonds. The van der Waals surface area contributed by atoms with Crippen molar-refractivity contribution in [1.29, 1.82) is 0 Å². The number of hydrogen-bond acceptors (Lipinski definition) is 7. The van der Waals surface area contributed by atoms with Crippen molar-refractivity contribution in [3.05, 3.63) is 29.2 Å². The maximum atomic E-state index is 5.26. The van der Waals surface area contributed by atoms with Gasteiger partial charge in [0.1, 0.15) is 10.8 Å². The predicted octanol–water partition coefficient (Wildman–Crippen LogP) is 2.87. The molecule has 2 N–H and O–H groups in total. The van der Waals surface area contributed by atoms with E-state index in [1.54, 1.807) is 17.6 Å². The number of aromatic nitrogens is 5. The average molecular weight is 318 g/mol. The van der Waals surface area contributed by atoms with Crippen LogP contribution in [0, 0.1) is 0 Å². The van der Waals surface area contributed by atoms with Crippen molar-refractivity contribution in [2.24, 2.45) is 0 Å². The molecule has 0 fully saturated rings. The molecule has 0 radical (unpaired) electrons. The lowest BCUT2D eigenvalue weighted by Gasteiger charge is -2.12. The molecule has 0 spiro atoms. The molecule has 0 aliphatic rings. The van der Waals surface area contributed by atoms with Crippen LogP contribution in [-0.4, -0.2) is 31.9 Å². The molecule has 0 aliphatic carbocycles. The Morgan fingerprint density at radius 3 is 2.86 bits per heavy atom. The highest BCUT2D eigenvalue weighted by Crippen LogP contribution is 2.27. The number of anilines is 1. The minimum Gasteiger partial charge on any atom is -0.461 e. The molecule has 3 aromatic rings. The second-order valence-electron chi connectivity index (χ2n) is 5.92. The van der Waals surface area contributed by atoms with Gasteiger partial charge in [-0.05, 0) is 12.1 Å². The van der Waals surface area contributed by atoms with E-state index < -0.39 is 0 Å². The highest BCUT2D eigenvalue weighted by Gasteiger charge is 2.19.